The lowest BCUT2D eigenvalue weighted by Gasteiger charge is -2.39. The average Bonchev–Trinajstić information content (AvgIpc) is 3.38. The second-order valence-electron chi connectivity index (χ2n) is 11.5. The minimum absolute atomic E-state index is 0.0357. The van der Waals surface area contributed by atoms with Crippen molar-refractivity contribution in [3.63, 3.8) is 0 Å². The van der Waals surface area contributed by atoms with Crippen molar-refractivity contribution in [3.05, 3.63) is 66.4 Å². The van der Waals surface area contributed by atoms with Gasteiger partial charge in [0.1, 0.15) is 11.6 Å². The second-order valence-corrected chi connectivity index (χ2v) is 18.0. The first kappa shape index (κ1) is 25.2. The zero-order valence-electron chi connectivity index (χ0n) is 22.0. The number of thioether (sulfide) groups is 1. The Balaban J connectivity index is 1.46. The monoisotopic (exact) mass is 522 g/mol. The van der Waals surface area contributed by atoms with Gasteiger partial charge in [0.05, 0.1) is 5.52 Å². The number of rotatable bonds is 5. The minimum Gasteiger partial charge on any atom is -0.415 e. The summed E-state index contributed by atoms with van der Waals surface area (Å²) in [5.41, 5.74) is 3.06. The van der Waals surface area contributed by atoms with Crippen LogP contribution in [0.3, 0.4) is 0 Å². The molecule has 0 bridgehead atoms. The molecule has 2 aromatic carbocycles. The summed E-state index contributed by atoms with van der Waals surface area (Å²) in [6.07, 6.45) is 2.86. The van der Waals surface area contributed by atoms with Crippen LogP contribution in [0.25, 0.3) is 28.0 Å². The molecule has 1 aliphatic heterocycles. The van der Waals surface area contributed by atoms with Gasteiger partial charge < -0.3 is 13.6 Å². The van der Waals surface area contributed by atoms with Gasteiger partial charge in [-0.25, -0.2) is 4.39 Å². The van der Waals surface area contributed by atoms with E-state index in [0.717, 1.165) is 59.1 Å². The molecule has 190 valence electrons. The van der Waals surface area contributed by atoms with Crippen LogP contribution in [0.2, 0.25) is 18.1 Å². The van der Waals surface area contributed by atoms with Gasteiger partial charge >= 0.3 is 0 Å². The summed E-state index contributed by atoms with van der Waals surface area (Å²) in [4.78, 5) is 0. The van der Waals surface area contributed by atoms with Crippen LogP contribution >= 0.6 is 11.8 Å². The molecule has 1 atom stereocenters. The van der Waals surface area contributed by atoms with E-state index in [0.29, 0.717) is 0 Å². The zero-order chi connectivity index (χ0) is 25.7. The standard InChI is InChI=1S/C28H35FN4OSSi/c1-27(2,3)36(5,6)34-19-28(4)18-25-30-31-26(33(25)16-17-35-28)23-8-7-9-24-22(23)14-15-32(24)21-12-10-20(29)11-13-21/h7-15H,16-19H2,1-6H3. The number of fused-ring (bicyclic) bond motifs is 2. The molecular formula is C28H35FN4OSSi. The Morgan fingerprint density at radius 3 is 2.56 bits per heavy atom. The van der Waals surface area contributed by atoms with E-state index in [2.05, 4.69) is 84.4 Å². The van der Waals surface area contributed by atoms with E-state index in [1.54, 1.807) is 12.1 Å². The van der Waals surface area contributed by atoms with Crippen LogP contribution in [-0.2, 0) is 17.4 Å². The van der Waals surface area contributed by atoms with Crippen LogP contribution in [0.15, 0.2) is 54.7 Å². The largest absolute Gasteiger partial charge is 0.415 e. The summed E-state index contributed by atoms with van der Waals surface area (Å²) in [7, 11) is -1.83. The van der Waals surface area contributed by atoms with Gasteiger partial charge in [-0.1, -0.05) is 32.9 Å². The lowest BCUT2D eigenvalue weighted by molar-refractivity contribution is 0.252. The Morgan fingerprint density at radius 2 is 1.83 bits per heavy atom. The van der Waals surface area contributed by atoms with Crippen molar-refractivity contribution >= 4 is 31.0 Å². The first-order chi connectivity index (χ1) is 17.0. The summed E-state index contributed by atoms with van der Waals surface area (Å²) in [6, 6.07) is 15.0. The molecular weight excluding hydrogens is 487 g/mol. The van der Waals surface area contributed by atoms with Crippen molar-refractivity contribution in [2.75, 3.05) is 12.4 Å². The van der Waals surface area contributed by atoms with Crippen molar-refractivity contribution < 1.29 is 8.82 Å². The number of nitrogens with zero attached hydrogens (tertiary/aromatic N) is 4. The molecule has 8 heteroatoms. The van der Waals surface area contributed by atoms with Crippen molar-refractivity contribution in [1.29, 1.82) is 0 Å². The number of halogens is 1. The molecule has 4 aromatic rings. The number of hydrogen-bond acceptors (Lipinski definition) is 4. The van der Waals surface area contributed by atoms with Crippen LogP contribution in [0, 0.1) is 5.82 Å². The van der Waals surface area contributed by atoms with Gasteiger partial charge in [-0.3, -0.25) is 0 Å². The van der Waals surface area contributed by atoms with Gasteiger partial charge in [0.25, 0.3) is 0 Å². The highest BCUT2D eigenvalue weighted by Crippen LogP contribution is 2.40. The zero-order valence-corrected chi connectivity index (χ0v) is 23.8. The quantitative estimate of drug-likeness (QED) is 0.262. The third kappa shape index (κ3) is 4.66. The Kier molecular flexibility index (Phi) is 6.42. The van der Waals surface area contributed by atoms with Crippen LogP contribution in [-0.4, -0.2) is 44.8 Å². The molecule has 0 N–H and O–H groups in total. The van der Waals surface area contributed by atoms with Crippen molar-refractivity contribution in [2.24, 2.45) is 0 Å². The SMILES string of the molecule is CC1(CO[Si](C)(C)C(C)(C)C)Cc2nnc(-c3cccc4c3ccn4-c3ccc(F)cc3)n2CCS1. The topological polar surface area (TPSA) is 44.9 Å². The molecule has 0 spiro atoms. The van der Waals surface area contributed by atoms with Crippen molar-refractivity contribution in [3.8, 4) is 17.1 Å². The first-order valence-electron chi connectivity index (χ1n) is 12.5. The first-order valence-corrected chi connectivity index (χ1v) is 16.4. The molecule has 1 aliphatic rings. The van der Waals surface area contributed by atoms with E-state index >= 15 is 0 Å². The Morgan fingerprint density at radius 1 is 1.08 bits per heavy atom. The molecule has 0 amide bonds. The summed E-state index contributed by atoms with van der Waals surface area (Å²) in [6.45, 7) is 15.4. The molecule has 0 fully saturated rings. The Bertz CT molecular complexity index is 1390. The van der Waals surface area contributed by atoms with E-state index in [4.69, 9.17) is 4.43 Å². The maximum absolute atomic E-state index is 13.5. The molecule has 0 saturated carbocycles. The lowest BCUT2D eigenvalue weighted by Crippen LogP contribution is -2.45. The van der Waals surface area contributed by atoms with E-state index in [9.17, 15) is 4.39 Å². The van der Waals surface area contributed by atoms with Gasteiger partial charge in [0.2, 0.25) is 0 Å². The van der Waals surface area contributed by atoms with Gasteiger partial charge in [0, 0.05) is 52.9 Å². The predicted molar refractivity (Wildman–Crippen MR) is 150 cm³/mol. The average molecular weight is 523 g/mol. The molecule has 5 nitrogen and oxygen atoms in total. The molecule has 3 heterocycles. The summed E-state index contributed by atoms with van der Waals surface area (Å²) in [5.74, 6) is 2.68. The van der Waals surface area contributed by atoms with E-state index < -0.39 is 8.32 Å². The fraction of sp³-hybridized carbons (Fsp3) is 0.429. The summed E-state index contributed by atoms with van der Waals surface area (Å²) < 4.78 is 24.4. The van der Waals surface area contributed by atoms with Crippen LogP contribution in [0.5, 0.6) is 0 Å². The molecule has 36 heavy (non-hydrogen) atoms. The summed E-state index contributed by atoms with van der Waals surface area (Å²) >= 11 is 1.98. The van der Waals surface area contributed by atoms with Crippen LogP contribution in [0.1, 0.15) is 33.5 Å². The number of benzene rings is 2. The van der Waals surface area contributed by atoms with Crippen molar-refractivity contribution in [1.82, 2.24) is 19.3 Å². The van der Waals surface area contributed by atoms with Crippen molar-refractivity contribution in [2.45, 2.75) is 63.5 Å². The predicted octanol–water partition coefficient (Wildman–Crippen LogP) is 7.10. The van der Waals surface area contributed by atoms with Gasteiger partial charge in [-0.2, -0.15) is 11.8 Å². The van der Waals surface area contributed by atoms with E-state index in [1.165, 1.54) is 12.1 Å². The number of hydrogen-bond donors (Lipinski definition) is 0. The summed E-state index contributed by atoms with van der Waals surface area (Å²) in [5, 5.41) is 10.6. The number of aromatic nitrogens is 4. The van der Waals surface area contributed by atoms with Crippen LogP contribution < -0.4 is 0 Å². The molecule has 0 saturated heterocycles. The Labute approximate surface area is 218 Å². The van der Waals surface area contributed by atoms with Gasteiger partial charge in [-0.05, 0) is 61.5 Å². The second kappa shape index (κ2) is 9.15. The smallest absolute Gasteiger partial charge is 0.192 e. The maximum atomic E-state index is 13.5. The van der Waals surface area contributed by atoms with Gasteiger partial charge in [0.15, 0.2) is 14.1 Å². The van der Waals surface area contributed by atoms with E-state index in [-0.39, 0.29) is 15.6 Å². The van der Waals surface area contributed by atoms with E-state index in [1.807, 2.05) is 18.0 Å². The third-order valence-corrected chi connectivity index (χ3v) is 13.6. The highest BCUT2D eigenvalue weighted by molar-refractivity contribution is 8.00. The maximum Gasteiger partial charge on any atom is 0.192 e. The fourth-order valence-electron chi connectivity index (χ4n) is 4.50. The molecule has 2 aromatic heterocycles. The fourth-order valence-corrected chi connectivity index (χ4v) is 6.86. The van der Waals surface area contributed by atoms with Gasteiger partial charge in [-0.15, -0.1) is 10.2 Å². The third-order valence-electron chi connectivity index (χ3n) is 7.75. The van der Waals surface area contributed by atoms with Crippen LogP contribution in [0.4, 0.5) is 4.39 Å². The highest BCUT2D eigenvalue weighted by atomic mass is 32.2. The normalized spacial score (nSPS) is 18.9. The minimum atomic E-state index is -1.83. The molecule has 0 aliphatic carbocycles. The molecule has 1 unspecified atom stereocenters. The molecule has 5 rings (SSSR count). The Hall–Kier alpha value is -2.42. The lowest BCUT2D eigenvalue weighted by atomic mass is 10.1. The highest BCUT2D eigenvalue weighted by Gasteiger charge is 2.40. The molecule has 0 radical (unpaired) electrons.